The third-order valence-corrected chi connectivity index (χ3v) is 7.18. The van der Waals surface area contributed by atoms with Crippen molar-refractivity contribution in [3.05, 3.63) is 66.0 Å². The molecule has 2 amide bonds. The molecule has 2 saturated heterocycles. The van der Waals surface area contributed by atoms with Crippen LogP contribution in [0.2, 0.25) is 0 Å². The smallest absolute Gasteiger partial charge is 0.253 e. The lowest BCUT2D eigenvalue weighted by atomic mass is 9.77. The summed E-state index contributed by atoms with van der Waals surface area (Å²) >= 11 is 0. The Morgan fingerprint density at radius 2 is 1.65 bits per heavy atom. The zero-order valence-electron chi connectivity index (χ0n) is 17.6. The maximum absolute atomic E-state index is 13.8. The number of hydrogen-bond donors (Lipinski definition) is 0. The number of benzene rings is 2. The van der Waals surface area contributed by atoms with E-state index in [2.05, 4.69) is 12.1 Å². The molecule has 1 atom stereocenters. The molecule has 0 radical (unpaired) electrons. The molecular weight excluding hydrogens is 395 g/mol. The predicted molar refractivity (Wildman–Crippen MR) is 115 cm³/mol. The SMILES string of the molecule is O=C1COC2(CCN(C(=O)C3(c4ccccc4)CCCC3)C2)CN1c1ccc(F)cc1. The second-order valence-electron chi connectivity index (χ2n) is 9.06. The van der Waals surface area contributed by atoms with Crippen molar-refractivity contribution in [3.63, 3.8) is 0 Å². The third-order valence-electron chi connectivity index (χ3n) is 7.18. The summed E-state index contributed by atoms with van der Waals surface area (Å²) in [7, 11) is 0. The summed E-state index contributed by atoms with van der Waals surface area (Å²) in [4.78, 5) is 29.9. The molecule has 0 N–H and O–H groups in total. The molecule has 2 heterocycles. The molecule has 1 aliphatic carbocycles. The first-order valence-electron chi connectivity index (χ1n) is 11.1. The van der Waals surface area contributed by atoms with Gasteiger partial charge in [-0.1, -0.05) is 43.2 Å². The highest BCUT2D eigenvalue weighted by Gasteiger charge is 2.51. The maximum Gasteiger partial charge on any atom is 0.253 e. The molecular formula is C25H27FN2O3. The number of rotatable bonds is 3. The van der Waals surface area contributed by atoms with Crippen LogP contribution in [0, 0.1) is 5.82 Å². The van der Waals surface area contributed by atoms with E-state index in [0.717, 1.165) is 31.2 Å². The van der Waals surface area contributed by atoms with Gasteiger partial charge in [-0.3, -0.25) is 9.59 Å². The van der Waals surface area contributed by atoms with Gasteiger partial charge in [0.1, 0.15) is 18.0 Å². The van der Waals surface area contributed by atoms with Crippen LogP contribution in [0.15, 0.2) is 54.6 Å². The number of carbonyl (C=O) groups is 2. The Kier molecular flexibility index (Phi) is 5.05. The van der Waals surface area contributed by atoms with Crippen LogP contribution < -0.4 is 4.90 Å². The van der Waals surface area contributed by atoms with Crippen molar-refractivity contribution >= 4 is 17.5 Å². The van der Waals surface area contributed by atoms with Gasteiger partial charge in [-0.05, 0) is 49.1 Å². The minimum absolute atomic E-state index is 0.0246. The largest absolute Gasteiger partial charge is 0.361 e. The summed E-state index contributed by atoms with van der Waals surface area (Å²) < 4.78 is 19.4. The molecule has 1 saturated carbocycles. The minimum atomic E-state index is -0.575. The van der Waals surface area contributed by atoms with Gasteiger partial charge in [0.15, 0.2) is 0 Å². The number of anilines is 1. The second-order valence-corrected chi connectivity index (χ2v) is 9.06. The van der Waals surface area contributed by atoms with Crippen LogP contribution >= 0.6 is 0 Å². The van der Waals surface area contributed by atoms with Gasteiger partial charge < -0.3 is 14.5 Å². The van der Waals surface area contributed by atoms with Crippen molar-refractivity contribution in [1.29, 1.82) is 0 Å². The lowest BCUT2D eigenvalue weighted by Gasteiger charge is -2.40. The fourth-order valence-corrected chi connectivity index (χ4v) is 5.50. The molecule has 2 aromatic carbocycles. The maximum atomic E-state index is 13.8. The second kappa shape index (κ2) is 7.75. The van der Waals surface area contributed by atoms with E-state index in [-0.39, 0.29) is 24.2 Å². The fraction of sp³-hybridized carbons (Fsp3) is 0.440. The van der Waals surface area contributed by atoms with Crippen LogP contribution in [-0.4, -0.2) is 48.6 Å². The number of hydrogen-bond acceptors (Lipinski definition) is 3. The monoisotopic (exact) mass is 422 g/mol. The van der Waals surface area contributed by atoms with E-state index in [0.29, 0.717) is 31.7 Å². The molecule has 1 spiro atoms. The highest BCUT2D eigenvalue weighted by molar-refractivity contribution is 5.95. The van der Waals surface area contributed by atoms with Gasteiger partial charge in [0, 0.05) is 12.2 Å². The quantitative estimate of drug-likeness (QED) is 0.758. The Morgan fingerprint density at radius 1 is 0.935 bits per heavy atom. The normalized spacial score (nSPS) is 25.4. The molecule has 162 valence electrons. The van der Waals surface area contributed by atoms with Gasteiger partial charge >= 0.3 is 0 Å². The van der Waals surface area contributed by atoms with Gasteiger partial charge in [0.25, 0.3) is 5.91 Å². The molecule has 2 aliphatic heterocycles. The molecule has 5 nitrogen and oxygen atoms in total. The van der Waals surface area contributed by atoms with Crippen molar-refractivity contribution in [2.75, 3.05) is 31.1 Å². The van der Waals surface area contributed by atoms with E-state index in [1.165, 1.54) is 12.1 Å². The standard InChI is InChI=1S/C25H27FN2O3/c26-20-8-10-21(11-9-20)28-18-24(31-16-22(28)29)14-15-27(17-24)23(30)25(12-4-5-13-25)19-6-2-1-3-7-19/h1-3,6-11H,4-5,12-18H2. The molecule has 5 rings (SSSR count). The molecule has 0 bridgehead atoms. The van der Waals surface area contributed by atoms with Crippen LogP contribution in [0.5, 0.6) is 0 Å². The Balaban J connectivity index is 1.37. The van der Waals surface area contributed by atoms with Crippen molar-refractivity contribution in [1.82, 2.24) is 4.90 Å². The van der Waals surface area contributed by atoms with E-state index in [9.17, 15) is 14.0 Å². The third kappa shape index (κ3) is 3.53. The van der Waals surface area contributed by atoms with Crippen molar-refractivity contribution in [2.24, 2.45) is 0 Å². The first-order valence-corrected chi connectivity index (χ1v) is 11.1. The first-order chi connectivity index (χ1) is 15.0. The molecule has 31 heavy (non-hydrogen) atoms. The predicted octanol–water partition coefficient (Wildman–Crippen LogP) is 3.67. The van der Waals surface area contributed by atoms with E-state index in [1.807, 2.05) is 23.1 Å². The van der Waals surface area contributed by atoms with Gasteiger partial charge in [-0.15, -0.1) is 0 Å². The number of ether oxygens (including phenoxy) is 1. The highest BCUT2D eigenvalue weighted by Crippen LogP contribution is 2.44. The zero-order chi connectivity index (χ0) is 21.5. The first kappa shape index (κ1) is 20.2. The minimum Gasteiger partial charge on any atom is -0.361 e. The van der Waals surface area contributed by atoms with Crippen LogP contribution in [-0.2, 0) is 19.7 Å². The van der Waals surface area contributed by atoms with Crippen molar-refractivity contribution < 1.29 is 18.7 Å². The number of nitrogens with zero attached hydrogens (tertiary/aromatic N) is 2. The Labute approximate surface area is 181 Å². The van der Waals surface area contributed by atoms with Crippen LogP contribution in [0.3, 0.4) is 0 Å². The van der Waals surface area contributed by atoms with Gasteiger partial charge in [0.05, 0.1) is 18.5 Å². The molecule has 0 aromatic heterocycles. The molecule has 3 aliphatic rings. The Morgan fingerprint density at radius 3 is 2.35 bits per heavy atom. The van der Waals surface area contributed by atoms with E-state index in [1.54, 1.807) is 17.0 Å². The van der Waals surface area contributed by atoms with Crippen molar-refractivity contribution in [2.45, 2.75) is 43.1 Å². The van der Waals surface area contributed by atoms with E-state index < -0.39 is 11.0 Å². The van der Waals surface area contributed by atoms with Crippen LogP contribution in [0.4, 0.5) is 10.1 Å². The summed E-state index contributed by atoms with van der Waals surface area (Å²) in [5.41, 5.74) is 0.740. The summed E-state index contributed by atoms with van der Waals surface area (Å²) in [6, 6.07) is 16.1. The number of halogens is 1. The van der Waals surface area contributed by atoms with Crippen molar-refractivity contribution in [3.8, 4) is 0 Å². The molecule has 2 aromatic rings. The molecule has 3 fully saturated rings. The van der Waals surface area contributed by atoms with Gasteiger partial charge in [0.2, 0.25) is 5.91 Å². The fourth-order valence-electron chi connectivity index (χ4n) is 5.50. The van der Waals surface area contributed by atoms with Crippen LogP contribution in [0.25, 0.3) is 0 Å². The summed E-state index contributed by atoms with van der Waals surface area (Å²) in [6.07, 6.45) is 4.56. The number of amides is 2. The summed E-state index contributed by atoms with van der Waals surface area (Å²) in [5.74, 6) is -0.292. The van der Waals surface area contributed by atoms with E-state index in [4.69, 9.17) is 4.74 Å². The Bertz CT molecular complexity index is 972. The average Bonchev–Trinajstić information content (AvgIpc) is 3.45. The lowest BCUT2D eigenvalue weighted by Crippen LogP contribution is -2.57. The summed E-state index contributed by atoms with van der Waals surface area (Å²) in [6.45, 7) is 1.45. The molecule has 6 heteroatoms. The number of carbonyl (C=O) groups excluding carboxylic acids is 2. The van der Waals surface area contributed by atoms with E-state index >= 15 is 0 Å². The number of likely N-dealkylation sites (tertiary alicyclic amines) is 1. The summed E-state index contributed by atoms with van der Waals surface area (Å²) in [5, 5.41) is 0. The van der Waals surface area contributed by atoms with Crippen LogP contribution in [0.1, 0.15) is 37.7 Å². The highest BCUT2D eigenvalue weighted by atomic mass is 19.1. The molecule has 1 unspecified atom stereocenters. The lowest BCUT2D eigenvalue weighted by molar-refractivity contribution is -0.141. The Hall–Kier alpha value is -2.73. The zero-order valence-corrected chi connectivity index (χ0v) is 17.6. The van der Waals surface area contributed by atoms with Gasteiger partial charge in [-0.25, -0.2) is 4.39 Å². The number of morpholine rings is 1. The topological polar surface area (TPSA) is 49.9 Å². The van der Waals surface area contributed by atoms with Gasteiger partial charge in [-0.2, -0.15) is 0 Å². The average molecular weight is 423 g/mol.